The Morgan fingerprint density at radius 3 is 1.00 bits per heavy atom. The minimum atomic E-state index is -0.432. The number of carbonyl (C=O) groups is 2. The Morgan fingerprint density at radius 1 is 0.386 bits per heavy atom. The van der Waals surface area contributed by atoms with E-state index >= 15 is 0 Å². The van der Waals surface area contributed by atoms with E-state index in [0.717, 1.165) is 161 Å². The van der Waals surface area contributed by atoms with Crippen LogP contribution in [0.5, 0.6) is 0 Å². The predicted octanol–water partition coefficient (Wildman–Crippen LogP) is 14.8. The molecule has 0 radical (unpaired) electrons. The molecule has 0 aliphatic heterocycles. The average molecular weight is 982 g/mol. The molecule has 0 aromatic rings. The lowest BCUT2D eigenvalue weighted by Gasteiger charge is -2.22. The van der Waals surface area contributed by atoms with Gasteiger partial charge < -0.3 is 38.4 Å². The monoisotopic (exact) mass is 982 g/mol. The van der Waals surface area contributed by atoms with Gasteiger partial charge in [0.15, 0.2) is 12.6 Å². The van der Waals surface area contributed by atoms with Gasteiger partial charge in [-0.15, -0.1) is 0 Å². The fraction of sp³-hybridized carbons (Fsp3) is 0.700. The smallest absolute Gasteiger partial charge is 0.305 e. The van der Waals surface area contributed by atoms with Gasteiger partial charge in [-0.1, -0.05) is 151 Å². The molecule has 0 saturated heterocycles. The Balaban J connectivity index is 4.51. The quantitative estimate of drug-likeness (QED) is 0.0274. The number of hydrogen-bond donors (Lipinski definition) is 1. The molecule has 0 aromatic heterocycles. The van der Waals surface area contributed by atoms with Gasteiger partial charge in [0.1, 0.15) is 0 Å². The number of nitrogens with zero attached hydrogens (tertiary/aromatic N) is 1. The Labute approximate surface area is 428 Å². The molecule has 0 aromatic carbocycles. The second-order valence-electron chi connectivity index (χ2n) is 17.5. The highest BCUT2D eigenvalue weighted by atomic mass is 16.7. The van der Waals surface area contributed by atoms with Gasteiger partial charge in [0.05, 0.1) is 52.5 Å². The highest BCUT2D eigenvalue weighted by molar-refractivity contribution is 5.69. The molecule has 0 aliphatic rings. The van der Waals surface area contributed by atoms with Crippen LogP contribution in [-0.4, -0.2) is 100 Å². The summed E-state index contributed by atoms with van der Waals surface area (Å²) in [6.07, 6.45) is 56.1. The first-order valence-electron chi connectivity index (χ1n) is 27.8. The molecule has 0 rings (SSSR count). The molecular formula is C60H103NO9. The van der Waals surface area contributed by atoms with Crippen LogP contribution in [0.25, 0.3) is 0 Å². The fourth-order valence-corrected chi connectivity index (χ4v) is 7.07. The average Bonchev–Trinajstić information content (AvgIpc) is 3.36. The molecule has 1 N–H and O–H groups in total. The van der Waals surface area contributed by atoms with Gasteiger partial charge in [-0.25, -0.2) is 0 Å². The van der Waals surface area contributed by atoms with E-state index < -0.39 is 12.6 Å². The zero-order valence-corrected chi connectivity index (χ0v) is 45.0. The largest absolute Gasteiger partial charge is 0.466 e. The first-order chi connectivity index (χ1) is 34.5. The van der Waals surface area contributed by atoms with Crippen LogP contribution in [0.2, 0.25) is 0 Å². The van der Waals surface area contributed by atoms with E-state index in [1.54, 1.807) is 0 Å². The number of allylic oxidation sites excluding steroid dienone is 12. The lowest BCUT2D eigenvalue weighted by atomic mass is 10.1. The van der Waals surface area contributed by atoms with Crippen molar-refractivity contribution in [3.8, 4) is 0 Å². The van der Waals surface area contributed by atoms with Crippen LogP contribution in [0, 0.1) is 0 Å². The molecular weight excluding hydrogens is 879 g/mol. The van der Waals surface area contributed by atoms with Crippen molar-refractivity contribution in [1.29, 1.82) is 0 Å². The van der Waals surface area contributed by atoms with Crippen LogP contribution in [0.3, 0.4) is 0 Å². The number of esters is 2. The van der Waals surface area contributed by atoms with Crippen molar-refractivity contribution in [2.75, 3.05) is 65.9 Å². The van der Waals surface area contributed by atoms with Gasteiger partial charge in [0, 0.05) is 19.4 Å². The number of unbranched alkanes of at least 4 members (excludes halogenated alkanes) is 7. The summed E-state index contributed by atoms with van der Waals surface area (Å²) >= 11 is 0. The van der Waals surface area contributed by atoms with Gasteiger partial charge in [-0.3, -0.25) is 9.59 Å². The third-order valence-electron chi connectivity index (χ3n) is 11.0. The van der Waals surface area contributed by atoms with Crippen molar-refractivity contribution in [2.24, 2.45) is 0 Å². The molecule has 0 aliphatic carbocycles. The maximum Gasteiger partial charge on any atom is 0.305 e. The molecule has 0 heterocycles. The van der Waals surface area contributed by atoms with Crippen molar-refractivity contribution >= 4 is 11.9 Å². The van der Waals surface area contributed by atoms with Crippen molar-refractivity contribution in [1.82, 2.24) is 4.90 Å². The Hall–Kier alpha value is -3.38. The van der Waals surface area contributed by atoms with E-state index in [-0.39, 0.29) is 31.4 Å². The van der Waals surface area contributed by atoms with E-state index in [1.807, 2.05) is 0 Å². The predicted molar refractivity (Wildman–Crippen MR) is 293 cm³/mol. The zero-order valence-electron chi connectivity index (χ0n) is 45.0. The summed E-state index contributed by atoms with van der Waals surface area (Å²) in [4.78, 5) is 27.8. The minimum Gasteiger partial charge on any atom is -0.466 e. The summed E-state index contributed by atoms with van der Waals surface area (Å²) in [5.74, 6) is -0.404. The number of rotatable bonds is 52. The number of aliphatic hydroxyl groups is 1. The number of ether oxygens (including phenoxy) is 6. The van der Waals surface area contributed by atoms with E-state index in [0.29, 0.717) is 52.5 Å². The number of hydrogen-bond acceptors (Lipinski definition) is 10. The highest BCUT2D eigenvalue weighted by Crippen LogP contribution is 2.12. The standard InChI is InChI=1S/C60H103NO9/c1-5-9-13-17-21-27-39-53-67-59(68-54-40-28-22-18-14-10-6-2)45-43-57(63)65-51-37-31-25-33-47-61(49-35-36-50-62)48-34-26-32-38-52-66-58(64)44-46-60(69-55-41-29-23-19-15-11-7-3)70-56-42-30-24-20-16-12-8-4/h9-16,21-24,27-30,59-60,62H,5-8,17-20,25-26,31-56H2,1-4H3/b13-9+,14-10?,15-11+,16-12?,27-21+,28-22?,29-23?,30-24?. The summed E-state index contributed by atoms with van der Waals surface area (Å²) in [5.41, 5.74) is 0. The van der Waals surface area contributed by atoms with Gasteiger partial charge in [0.25, 0.3) is 0 Å². The van der Waals surface area contributed by atoms with E-state index in [9.17, 15) is 14.7 Å². The van der Waals surface area contributed by atoms with Crippen LogP contribution in [-0.2, 0) is 38.0 Å². The summed E-state index contributed by atoms with van der Waals surface area (Å²) in [6.45, 7) is 14.9. The summed E-state index contributed by atoms with van der Waals surface area (Å²) < 4.78 is 35.3. The first-order valence-corrected chi connectivity index (χ1v) is 27.8. The molecule has 0 saturated carbocycles. The topological polar surface area (TPSA) is 113 Å². The molecule has 0 amide bonds. The number of aliphatic hydroxyl groups excluding tert-OH is 1. The zero-order chi connectivity index (χ0) is 50.9. The molecule has 70 heavy (non-hydrogen) atoms. The van der Waals surface area contributed by atoms with Crippen molar-refractivity contribution in [3.63, 3.8) is 0 Å². The Bertz CT molecular complexity index is 1220. The molecule has 10 heteroatoms. The lowest BCUT2D eigenvalue weighted by Crippen LogP contribution is -2.27. The van der Waals surface area contributed by atoms with Crippen LogP contribution < -0.4 is 0 Å². The summed E-state index contributed by atoms with van der Waals surface area (Å²) in [7, 11) is 0. The summed E-state index contributed by atoms with van der Waals surface area (Å²) in [6, 6.07) is 0. The SMILES string of the molecule is CCC=CCC=CCCOC(CCC(=O)OCCCCCCN(CCCCO)CCCCCCOC(=O)CCC(OCCC=CCC=CCC)OCC/C=C/C/C=C/CC)OCCC=CC/C=C/CC. The minimum absolute atomic E-state index is 0.202. The maximum absolute atomic E-state index is 12.6. The molecule has 402 valence electrons. The first kappa shape index (κ1) is 66.6. The Kier molecular flexibility index (Phi) is 53.8. The maximum atomic E-state index is 12.6. The van der Waals surface area contributed by atoms with Crippen LogP contribution in [0.15, 0.2) is 97.2 Å². The lowest BCUT2D eigenvalue weighted by molar-refractivity contribution is -0.158. The van der Waals surface area contributed by atoms with Crippen LogP contribution in [0.4, 0.5) is 0 Å². The fourth-order valence-electron chi connectivity index (χ4n) is 7.07. The molecule has 10 nitrogen and oxygen atoms in total. The highest BCUT2D eigenvalue weighted by Gasteiger charge is 2.15. The van der Waals surface area contributed by atoms with Crippen molar-refractivity contribution in [3.05, 3.63) is 97.2 Å². The van der Waals surface area contributed by atoms with Gasteiger partial charge in [-0.05, 0) is 135 Å². The van der Waals surface area contributed by atoms with E-state index in [4.69, 9.17) is 28.4 Å². The number of carbonyl (C=O) groups excluding carboxylic acids is 2. The van der Waals surface area contributed by atoms with Crippen molar-refractivity contribution in [2.45, 2.75) is 207 Å². The van der Waals surface area contributed by atoms with E-state index in [1.165, 1.54) is 0 Å². The molecule has 0 spiro atoms. The van der Waals surface area contributed by atoms with E-state index in [2.05, 4.69) is 130 Å². The van der Waals surface area contributed by atoms with Gasteiger partial charge in [-0.2, -0.15) is 0 Å². The summed E-state index contributed by atoms with van der Waals surface area (Å²) in [5, 5.41) is 9.36. The second kappa shape index (κ2) is 56.5. The van der Waals surface area contributed by atoms with Crippen LogP contribution in [0.1, 0.15) is 195 Å². The van der Waals surface area contributed by atoms with Crippen molar-refractivity contribution < 1.29 is 43.1 Å². The van der Waals surface area contributed by atoms with Gasteiger partial charge >= 0.3 is 11.9 Å². The molecule has 0 fully saturated rings. The van der Waals surface area contributed by atoms with Gasteiger partial charge in [0.2, 0.25) is 0 Å². The molecule has 2 atom stereocenters. The second-order valence-corrected chi connectivity index (χ2v) is 17.5. The third kappa shape index (κ3) is 51.0. The molecule has 2 unspecified atom stereocenters. The molecule has 0 bridgehead atoms. The Morgan fingerprint density at radius 2 is 0.686 bits per heavy atom. The third-order valence-corrected chi connectivity index (χ3v) is 11.0. The normalized spacial score (nSPS) is 13.5. The van der Waals surface area contributed by atoms with Crippen LogP contribution >= 0.6 is 0 Å².